The molecule has 134 valence electrons. The molecule has 0 spiro atoms. The topological polar surface area (TPSA) is 62.6 Å². The summed E-state index contributed by atoms with van der Waals surface area (Å²) in [7, 11) is 0. The number of nitrogens with one attached hydrogen (secondary N) is 1. The van der Waals surface area contributed by atoms with Crippen molar-refractivity contribution in [1.29, 1.82) is 0 Å². The maximum absolute atomic E-state index is 12.5. The normalized spacial score (nSPS) is 10.7. The van der Waals surface area contributed by atoms with Gasteiger partial charge in [-0.3, -0.25) is 4.79 Å². The fraction of sp³-hybridized carbons (Fsp3) is 0.238. The van der Waals surface area contributed by atoms with Gasteiger partial charge in [-0.1, -0.05) is 6.92 Å². The van der Waals surface area contributed by atoms with Crippen molar-refractivity contribution >= 4 is 28.3 Å². The molecule has 0 saturated carbocycles. The van der Waals surface area contributed by atoms with E-state index in [1.54, 1.807) is 24.3 Å². The maximum atomic E-state index is 12.5. The minimum Gasteiger partial charge on any atom is -0.423 e. The number of anilines is 2. The zero-order chi connectivity index (χ0) is 18.5. The van der Waals surface area contributed by atoms with Crippen LogP contribution in [0.4, 0.5) is 11.4 Å². The number of amides is 1. The molecule has 5 heteroatoms. The summed E-state index contributed by atoms with van der Waals surface area (Å²) in [6.45, 7) is 6.21. The number of carbonyl (C=O) groups excluding carboxylic acids is 1. The lowest BCUT2D eigenvalue weighted by Gasteiger charge is -2.22. The van der Waals surface area contributed by atoms with Crippen molar-refractivity contribution in [1.82, 2.24) is 0 Å². The number of nitrogens with zero attached hydrogens (tertiary/aromatic N) is 1. The molecule has 0 saturated heterocycles. The molecule has 3 rings (SSSR count). The van der Waals surface area contributed by atoms with E-state index in [0.29, 0.717) is 16.8 Å². The summed E-state index contributed by atoms with van der Waals surface area (Å²) >= 11 is 0. The molecule has 1 aromatic heterocycles. The third-order valence-corrected chi connectivity index (χ3v) is 4.25. The Morgan fingerprint density at radius 1 is 1.04 bits per heavy atom. The molecular formula is C21H22N2O3. The van der Waals surface area contributed by atoms with Crippen LogP contribution in [-0.4, -0.2) is 19.0 Å². The molecule has 0 radical (unpaired) electrons. The molecule has 5 nitrogen and oxygen atoms in total. The highest BCUT2D eigenvalue weighted by atomic mass is 16.4. The van der Waals surface area contributed by atoms with Gasteiger partial charge in [0.2, 0.25) is 0 Å². The van der Waals surface area contributed by atoms with Gasteiger partial charge in [-0.15, -0.1) is 0 Å². The average Bonchev–Trinajstić information content (AvgIpc) is 2.66. The van der Waals surface area contributed by atoms with Crippen molar-refractivity contribution in [3.8, 4) is 0 Å². The van der Waals surface area contributed by atoms with Crippen LogP contribution in [0.15, 0.2) is 63.8 Å². The number of rotatable bonds is 6. The summed E-state index contributed by atoms with van der Waals surface area (Å²) in [5, 5.41) is 3.64. The van der Waals surface area contributed by atoms with Crippen molar-refractivity contribution < 1.29 is 9.21 Å². The molecule has 0 aliphatic carbocycles. The Hall–Kier alpha value is -3.08. The van der Waals surface area contributed by atoms with E-state index in [9.17, 15) is 9.59 Å². The molecule has 26 heavy (non-hydrogen) atoms. The highest BCUT2D eigenvalue weighted by Crippen LogP contribution is 2.20. The Balaban J connectivity index is 1.75. The number of benzene rings is 2. The van der Waals surface area contributed by atoms with Crippen LogP contribution in [0.3, 0.4) is 0 Å². The Labute approximate surface area is 152 Å². The first-order valence-electron chi connectivity index (χ1n) is 8.81. The standard InChI is InChI=1S/C21H22N2O3/c1-3-13-23(4-2)18-9-5-15(6-10-18)21(25)22-17-8-11-19-16(14-17)7-12-20(24)26-19/h5-12,14H,3-4,13H2,1-2H3,(H,22,25). The van der Waals surface area contributed by atoms with Crippen molar-refractivity contribution in [2.24, 2.45) is 0 Å². The van der Waals surface area contributed by atoms with Gasteiger partial charge in [0.25, 0.3) is 5.91 Å². The van der Waals surface area contributed by atoms with Gasteiger partial charge >= 0.3 is 5.63 Å². The minimum absolute atomic E-state index is 0.174. The largest absolute Gasteiger partial charge is 0.423 e. The second-order valence-corrected chi connectivity index (χ2v) is 6.09. The molecule has 0 fully saturated rings. The number of fused-ring (bicyclic) bond motifs is 1. The quantitative estimate of drug-likeness (QED) is 0.674. The summed E-state index contributed by atoms with van der Waals surface area (Å²) in [5.74, 6) is -0.174. The number of hydrogen-bond acceptors (Lipinski definition) is 4. The molecule has 1 amide bonds. The Kier molecular flexibility index (Phi) is 5.37. The minimum atomic E-state index is -0.390. The van der Waals surface area contributed by atoms with E-state index in [4.69, 9.17) is 4.42 Å². The van der Waals surface area contributed by atoms with Crippen LogP contribution in [0.2, 0.25) is 0 Å². The molecule has 0 aliphatic rings. The van der Waals surface area contributed by atoms with Gasteiger partial charge in [0.05, 0.1) is 0 Å². The second-order valence-electron chi connectivity index (χ2n) is 6.09. The molecule has 0 aliphatic heterocycles. The SMILES string of the molecule is CCCN(CC)c1ccc(C(=O)Nc2ccc3oc(=O)ccc3c2)cc1. The summed E-state index contributed by atoms with van der Waals surface area (Å²) in [6.07, 6.45) is 1.08. The molecular weight excluding hydrogens is 328 g/mol. The van der Waals surface area contributed by atoms with E-state index < -0.39 is 5.63 Å². The van der Waals surface area contributed by atoms with Crippen LogP contribution in [0.5, 0.6) is 0 Å². The summed E-state index contributed by atoms with van der Waals surface area (Å²) < 4.78 is 5.10. The predicted molar refractivity (Wildman–Crippen MR) is 105 cm³/mol. The van der Waals surface area contributed by atoms with Crippen molar-refractivity contribution in [3.63, 3.8) is 0 Å². The van der Waals surface area contributed by atoms with Gasteiger partial charge in [-0.2, -0.15) is 0 Å². The zero-order valence-electron chi connectivity index (χ0n) is 15.0. The molecule has 0 atom stereocenters. The summed E-state index contributed by atoms with van der Waals surface area (Å²) in [6, 6.07) is 15.8. The first-order chi connectivity index (χ1) is 12.6. The van der Waals surface area contributed by atoms with Gasteiger partial charge in [-0.05, 0) is 61.9 Å². The van der Waals surface area contributed by atoms with E-state index in [0.717, 1.165) is 30.6 Å². The first kappa shape index (κ1) is 17.7. The van der Waals surface area contributed by atoms with Crippen molar-refractivity contribution in [3.05, 3.63) is 70.6 Å². The van der Waals surface area contributed by atoms with Crippen LogP contribution in [0, 0.1) is 0 Å². The number of hydrogen-bond donors (Lipinski definition) is 1. The Morgan fingerprint density at radius 2 is 1.81 bits per heavy atom. The van der Waals surface area contributed by atoms with Crippen LogP contribution in [0.25, 0.3) is 11.0 Å². The maximum Gasteiger partial charge on any atom is 0.336 e. The third kappa shape index (κ3) is 3.94. The molecule has 2 aromatic carbocycles. The molecule has 3 aromatic rings. The van der Waals surface area contributed by atoms with Crippen molar-refractivity contribution in [2.45, 2.75) is 20.3 Å². The lowest BCUT2D eigenvalue weighted by molar-refractivity contribution is 0.102. The highest BCUT2D eigenvalue weighted by molar-refractivity contribution is 6.05. The lowest BCUT2D eigenvalue weighted by atomic mass is 10.1. The second kappa shape index (κ2) is 7.87. The van der Waals surface area contributed by atoms with Crippen LogP contribution in [0.1, 0.15) is 30.6 Å². The van der Waals surface area contributed by atoms with E-state index >= 15 is 0 Å². The van der Waals surface area contributed by atoms with Crippen LogP contribution in [-0.2, 0) is 0 Å². The smallest absolute Gasteiger partial charge is 0.336 e. The Bertz CT molecular complexity index is 961. The predicted octanol–water partition coefficient (Wildman–Crippen LogP) is 4.28. The lowest BCUT2D eigenvalue weighted by Crippen LogP contribution is -2.23. The molecule has 0 bridgehead atoms. The summed E-state index contributed by atoms with van der Waals surface area (Å²) in [5.41, 5.74) is 2.48. The van der Waals surface area contributed by atoms with Gasteiger partial charge < -0.3 is 14.6 Å². The third-order valence-electron chi connectivity index (χ3n) is 4.25. The first-order valence-corrected chi connectivity index (χ1v) is 8.81. The van der Waals surface area contributed by atoms with Gasteiger partial charge in [0, 0.05) is 41.5 Å². The highest BCUT2D eigenvalue weighted by Gasteiger charge is 2.09. The van der Waals surface area contributed by atoms with E-state index in [1.807, 2.05) is 24.3 Å². The van der Waals surface area contributed by atoms with E-state index in [-0.39, 0.29) is 5.91 Å². The average molecular weight is 350 g/mol. The fourth-order valence-corrected chi connectivity index (χ4v) is 2.92. The van der Waals surface area contributed by atoms with Gasteiger partial charge in [-0.25, -0.2) is 4.79 Å². The fourth-order valence-electron chi connectivity index (χ4n) is 2.92. The monoisotopic (exact) mass is 350 g/mol. The summed E-state index contributed by atoms with van der Waals surface area (Å²) in [4.78, 5) is 26.0. The van der Waals surface area contributed by atoms with Crippen LogP contribution >= 0.6 is 0 Å². The van der Waals surface area contributed by atoms with Crippen LogP contribution < -0.4 is 15.8 Å². The molecule has 0 unspecified atom stereocenters. The van der Waals surface area contributed by atoms with E-state index in [2.05, 4.69) is 24.1 Å². The van der Waals surface area contributed by atoms with Crippen molar-refractivity contribution in [2.75, 3.05) is 23.3 Å². The van der Waals surface area contributed by atoms with Gasteiger partial charge in [0.15, 0.2) is 0 Å². The number of carbonyl (C=O) groups is 1. The molecule has 1 heterocycles. The Morgan fingerprint density at radius 3 is 2.50 bits per heavy atom. The zero-order valence-corrected chi connectivity index (χ0v) is 15.0. The van der Waals surface area contributed by atoms with E-state index in [1.165, 1.54) is 6.07 Å². The van der Waals surface area contributed by atoms with Gasteiger partial charge in [0.1, 0.15) is 5.58 Å². The molecule has 1 N–H and O–H groups in total.